The zero-order valence-corrected chi connectivity index (χ0v) is 13.0. The van der Waals surface area contributed by atoms with Gasteiger partial charge in [0.1, 0.15) is 6.33 Å². The maximum Gasteiger partial charge on any atom is 0.265 e. The molecule has 5 heteroatoms. The van der Waals surface area contributed by atoms with Gasteiger partial charge in [0.15, 0.2) is 0 Å². The van der Waals surface area contributed by atoms with Gasteiger partial charge in [-0.1, -0.05) is 30.7 Å². The average molecular weight is 317 g/mol. The monoisotopic (exact) mass is 316 g/mol. The van der Waals surface area contributed by atoms with Crippen molar-refractivity contribution in [3.8, 4) is 5.69 Å². The Labute approximate surface area is 131 Å². The summed E-state index contributed by atoms with van der Waals surface area (Å²) in [6.07, 6.45) is 1.56. The molecule has 3 aromatic rings. The van der Waals surface area contributed by atoms with E-state index in [9.17, 15) is 4.79 Å². The van der Waals surface area contributed by atoms with Crippen molar-refractivity contribution in [1.29, 1.82) is 0 Å². The van der Waals surface area contributed by atoms with Crippen LogP contribution >= 0.6 is 23.4 Å². The molecule has 0 bridgehead atoms. The molecule has 0 atom stereocenters. The van der Waals surface area contributed by atoms with E-state index >= 15 is 0 Å². The zero-order valence-electron chi connectivity index (χ0n) is 11.4. The quantitative estimate of drug-likeness (QED) is 0.681. The van der Waals surface area contributed by atoms with Gasteiger partial charge in [-0.05, 0) is 36.1 Å². The molecule has 0 aliphatic rings. The van der Waals surface area contributed by atoms with Gasteiger partial charge in [-0.2, -0.15) is 0 Å². The summed E-state index contributed by atoms with van der Waals surface area (Å²) in [6, 6.07) is 12.9. The maximum absolute atomic E-state index is 12.6. The van der Waals surface area contributed by atoms with Crippen molar-refractivity contribution in [2.24, 2.45) is 0 Å². The van der Waals surface area contributed by atoms with Crippen LogP contribution in [0.5, 0.6) is 0 Å². The first-order valence-electron chi connectivity index (χ1n) is 6.60. The minimum absolute atomic E-state index is 0.0737. The van der Waals surface area contributed by atoms with Gasteiger partial charge in [0, 0.05) is 4.90 Å². The highest BCUT2D eigenvalue weighted by molar-refractivity contribution is 7.99. The smallest absolute Gasteiger partial charge is 0.265 e. The van der Waals surface area contributed by atoms with Gasteiger partial charge in [0.05, 0.1) is 21.6 Å². The Morgan fingerprint density at radius 3 is 2.86 bits per heavy atom. The first-order chi connectivity index (χ1) is 10.2. The maximum atomic E-state index is 12.6. The molecule has 0 amide bonds. The summed E-state index contributed by atoms with van der Waals surface area (Å²) in [5, 5.41) is 1.31. The molecule has 0 N–H and O–H groups in total. The summed E-state index contributed by atoms with van der Waals surface area (Å²) in [5.74, 6) is 0.925. The predicted molar refractivity (Wildman–Crippen MR) is 88.7 cm³/mol. The normalized spacial score (nSPS) is 11.0. The Morgan fingerprint density at radius 1 is 1.24 bits per heavy atom. The molecule has 0 saturated heterocycles. The highest BCUT2D eigenvalue weighted by atomic mass is 35.5. The van der Waals surface area contributed by atoms with Crippen LogP contribution in [0.4, 0.5) is 0 Å². The van der Waals surface area contributed by atoms with Crippen LogP contribution in [0.25, 0.3) is 16.6 Å². The fourth-order valence-corrected chi connectivity index (χ4v) is 3.16. The molecule has 106 valence electrons. The molecule has 3 rings (SSSR count). The summed E-state index contributed by atoms with van der Waals surface area (Å²) >= 11 is 7.83. The summed E-state index contributed by atoms with van der Waals surface area (Å²) in [4.78, 5) is 17.9. The van der Waals surface area contributed by atoms with Crippen LogP contribution in [0.3, 0.4) is 0 Å². The largest absolute Gasteiger partial charge is 0.268 e. The van der Waals surface area contributed by atoms with Crippen molar-refractivity contribution in [1.82, 2.24) is 9.55 Å². The number of hydrogen-bond donors (Lipinski definition) is 0. The van der Waals surface area contributed by atoms with Gasteiger partial charge < -0.3 is 0 Å². The Bertz CT molecular complexity index is 860. The molecule has 1 aromatic heterocycles. The minimum atomic E-state index is -0.0737. The number of hydrogen-bond acceptors (Lipinski definition) is 3. The molecule has 3 nitrogen and oxygen atoms in total. The average Bonchev–Trinajstić information content (AvgIpc) is 2.51. The third-order valence-corrected chi connectivity index (χ3v) is 4.54. The molecule has 2 aromatic carbocycles. The van der Waals surface area contributed by atoms with E-state index in [-0.39, 0.29) is 5.56 Å². The number of aromatic nitrogens is 2. The topological polar surface area (TPSA) is 34.9 Å². The number of rotatable bonds is 3. The first-order valence-corrected chi connectivity index (χ1v) is 7.96. The Morgan fingerprint density at radius 2 is 2.05 bits per heavy atom. The lowest BCUT2D eigenvalue weighted by molar-refractivity contribution is 0.958. The lowest BCUT2D eigenvalue weighted by Gasteiger charge is -2.09. The van der Waals surface area contributed by atoms with E-state index in [2.05, 4.69) is 11.9 Å². The van der Waals surface area contributed by atoms with Gasteiger partial charge in [-0.15, -0.1) is 11.8 Å². The van der Waals surface area contributed by atoms with Gasteiger partial charge in [0.2, 0.25) is 0 Å². The number of benzene rings is 2. The third kappa shape index (κ3) is 2.69. The van der Waals surface area contributed by atoms with E-state index in [4.69, 9.17) is 11.6 Å². The van der Waals surface area contributed by atoms with Gasteiger partial charge in [-0.25, -0.2) is 4.98 Å². The lowest BCUT2D eigenvalue weighted by atomic mass is 10.2. The second-order valence-electron chi connectivity index (χ2n) is 4.48. The number of halogens is 1. The van der Waals surface area contributed by atoms with E-state index in [1.54, 1.807) is 28.7 Å². The van der Waals surface area contributed by atoms with E-state index in [0.717, 1.165) is 16.3 Å². The van der Waals surface area contributed by atoms with E-state index in [1.807, 2.05) is 36.4 Å². The fraction of sp³-hybridized carbons (Fsp3) is 0.125. The molecule has 0 radical (unpaired) electrons. The Balaban J connectivity index is 2.19. The molecule has 0 saturated carbocycles. The molecule has 1 heterocycles. The number of fused-ring (bicyclic) bond motifs is 1. The Hall–Kier alpha value is -1.78. The van der Waals surface area contributed by atoms with Crippen LogP contribution < -0.4 is 5.56 Å². The highest BCUT2D eigenvalue weighted by Crippen LogP contribution is 2.28. The summed E-state index contributed by atoms with van der Waals surface area (Å²) in [5.41, 5.74) is 1.41. The van der Waals surface area contributed by atoms with Gasteiger partial charge in [0.25, 0.3) is 5.56 Å². The van der Waals surface area contributed by atoms with Crippen molar-refractivity contribution < 1.29 is 0 Å². The van der Waals surface area contributed by atoms with Crippen LogP contribution in [-0.4, -0.2) is 15.3 Å². The van der Waals surface area contributed by atoms with Crippen molar-refractivity contribution in [2.75, 3.05) is 5.75 Å². The number of nitrogens with zero attached hydrogens (tertiary/aromatic N) is 2. The van der Waals surface area contributed by atoms with E-state index in [0.29, 0.717) is 15.9 Å². The molecule has 0 aliphatic carbocycles. The van der Waals surface area contributed by atoms with Crippen molar-refractivity contribution in [3.05, 3.63) is 64.2 Å². The SMILES string of the molecule is CCSc1cc(-n2cnc3ccccc3c2=O)ccc1Cl. The second-order valence-corrected chi connectivity index (χ2v) is 6.20. The van der Waals surface area contributed by atoms with Crippen LogP contribution in [0, 0.1) is 0 Å². The summed E-state index contributed by atoms with van der Waals surface area (Å²) < 4.78 is 1.55. The van der Waals surface area contributed by atoms with Gasteiger partial charge >= 0.3 is 0 Å². The fourth-order valence-electron chi connectivity index (χ4n) is 2.16. The van der Waals surface area contributed by atoms with Crippen LogP contribution in [0.1, 0.15) is 6.92 Å². The van der Waals surface area contributed by atoms with Crippen molar-refractivity contribution in [2.45, 2.75) is 11.8 Å². The van der Waals surface area contributed by atoms with Gasteiger partial charge in [-0.3, -0.25) is 9.36 Å². The van der Waals surface area contributed by atoms with Crippen LogP contribution in [0.15, 0.2) is 58.5 Å². The molecule has 21 heavy (non-hydrogen) atoms. The third-order valence-electron chi connectivity index (χ3n) is 3.16. The lowest BCUT2D eigenvalue weighted by Crippen LogP contribution is -2.18. The number of para-hydroxylation sites is 1. The van der Waals surface area contributed by atoms with Crippen molar-refractivity contribution in [3.63, 3.8) is 0 Å². The van der Waals surface area contributed by atoms with Crippen LogP contribution in [0.2, 0.25) is 5.02 Å². The first kappa shape index (κ1) is 14.2. The standard InChI is InChI=1S/C16H13ClN2OS/c1-2-21-15-9-11(7-8-13(15)17)19-10-18-14-6-4-3-5-12(14)16(19)20/h3-10H,2H2,1H3. The highest BCUT2D eigenvalue weighted by Gasteiger charge is 2.08. The summed E-state index contributed by atoms with van der Waals surface area (Å²) in [6.45, 7) is 2.07. The predicted octanol–water partition coefficient (Wildman–Crippen LogP) is 4.15. The van der Waals surface area contributed by atoms with Crippen molar-refractivity contribution >= 4 is 34.3 Å². The molecular formula is C16H13ClN2OS. The molecule has 0 unspecified atom stereocenters. The summed E-state index contributed by atoms with van der Waals surface area (Å²) in [7, 11) is 0. The molecule has 0 fully saturated rings. The Kier molecular flexibility index (Phi) is 3.99. The number of thioether (sulfide) groups is 1. The van der Waals surface area contributed by atoms with Crippen LogP contribution in [-0.2, 0) is 0 Å². The molecule has 0 aliphatic heterocycles. The zero-order chi connectivity index (χ0) is 14.8. The van der Waals surface area contributed by atoms with E-state index < -0.39 is 0 Å². The van der Waals surface area contributed by atoms with E-state index in [1.165, 1.54) is 0 Å². The second kappa shape index (κ2) is 5.92. The minimum Gasteiger partial charge on any atom is -0.268 e. The molecule has 0 spiro atoms. The molecular weight excluding hydrogens is 304 g/mol.